The molecule has 1 unspecified atom stereocenters. The maximum atomic E-state index is 11.6. The van der Waals surface area contributed by atoms with Crippen LogP contribution in [0.25, 0.3) is 0 Å². The van der Waals surface area contributed by atoms with E-state index in [1.807, 2.05) is 13.8 Å². The molecule has 0 aliphatic rings. The number of aliphatic hydroxyl groups is 1. The number of rotatable bonds is 6. The van der Waals surface area contributed by atoms with Crippen molar-refractivity contribution in [3.05, 3.63) is 12.3 Å². The Balaban J connectivity index is 2.37. The normalized spacial score (nSPS) is 14.5. The van der Waals surface area contributed by atoms with E-state index in [0.717, 1.165) is 0 Å². The van der Waals surface area contributed by atoms with Crippen molar-refractivity contribution in [3.8, 4) is 0 Å². The number of hydrogen-bond acceptors (Lipinski definition) is 4. The minimum Gasteiger partial charge on any atom is -0.388 e. The fourth-order valence-corrected chi connectivity index (χ4v) is 1.91. The number of nitrogen functional groups attached to an aromatic ring is 1. The van der Waals surface area contributed by atoms with E-state index in [1.54, 1.807) is 19.2 Å². The first kappa shape index (κ1) is 14.5. The molecular weight excluding hydrogens is 232 g/mol. The lowest BCUT2D eigenvalue weighted by atomic mass is 9.94. The van der Waals surface area contributed by atoms with Crippen LogP contribution in [0.2, 0.25) is 0 Å². The molecule has 1 aromatic heterocycles. The van der Waals surface area contributed by atoms with Crippen molar-refractivity contribution < 1.29 is 9.90 Å². The Bertz CT molecular complexity index is 399. The van der Waals surface area contributed by atoms with E-state index in [4.69, 9.17) is 5.73 Å². The first-order valence-electron chi connectivity index (χ1n) is 6.06. The molecule has 1 heterocycles. The Morgan fingerprint density at radius 3 is 2.83 bits per heavy atom. The van der Waals surface area contributed by atoms with Gasteiger partial charge in [0.1, 0.15) is 12.4 Å². The third-order valence-electron chi connectivity index (χ3n) is 2.48. The number of hydrogen-bond donors (Lipinski definition) is 3. The molecule has 102 valence electrons. The fraction of sp³-hybridized carbons (Fsp3) is 0.667. The molecule has 1 amide bonds. The Labute approximate surface area is 107 Å². The second-order valence-electron chi connectivity index (χ2n) is 5.31. The first-order chi connectivity index (χ1) is 8.28. The molecule has 0 saturated heterocycles. The largest absolute Gasteiger partial charge is 0.388 e. The summed E-state index contributed by atoms with van der Waals surface area (Å²) in [5.41, 5.74) is 4.57. The quantitative estimate of drug-likeness (QED) is 0.684. The third kappa shape index (κ3) is 5.18. The van der Waals surface area contributed by atoms with Gasteiger partial charge < -0.3 is 16.2 Å². The zero-order valence-corrected chi connectivity index (χ0v) is 11.2. The van der Waals surface area contributed by atoms with Crippen LogP contribution in [0.4, 0.5) is 5.82 Å². The lowest BCUT2D eigenvalue weighted by molar-refractivity contribution is -0.123. The Hall–Kier alpha value is -1.56. The highest BCUT2D eigenvalue weighted by Gasteiger charge is 2.22. The van der Waals surface area contributed by atoms with Crippen LogP contribution in [-0.2, 0) is 11.3 Å². The average molecular weight is 254 g/mol. The molecule has 0 aliphatic heterocycles. The van der Waals surface area contributed by atoms with Gasteiger partial charge in [0.25, 0.3) is 0 Å². The van der Waals surface area contributed by atoms with Crippen LogP contribution < -0.4 is 11.1 Å². The molecule has 6 nitrogen and oxygen atoms in total. The van der Waals surface area contributed by atoms with Crippen LogP contribution in [0.5, 0.6) is 0 Å². The third-order valence-corrected chi connectivity index (χ3v) is 2.48. The zero-order valence-electron chi connectivity index (χ0n) is 11.2. The highest BCUT2D eigenvalue weighted by Crippen LogP contribution is 2.14. The van der Waals surface area contributed by atoms with Gasteiger partial charge in [0.2, 0.25) is 5.91 Å². The number of carbonyl (C=O) groups is 1. The molecule has 1 rings (SSSR count). The van der Waals surface area contributed by atoms with Crippen LogP contribution in [0, 0.1) is 5.92 Å². The molecule has 0 aromatic carbocycles. The predicted octanol–water partition coefficient (Wildman–Crippen LogP) is 0.379. The van der Waals surface area contributed by atoms with Crippen molar-refractivity contribution in [2.45, 2.75) is 39.3 Å². The van der Waals surface area contributed by atoms with E-state index in [2.05, 4.69) is 10.4 Å². The molecule has 4 N–H and O–H groups in total. The van der Waals surface area contributed by atoms with Crippen LogP contribution >= 0.6 is 0 Å². The van der Waals surface area contributed by atoms with Crippen molar-refractivity contribution >= 4 is 11.7 Å². The van der Waals surface area contributed by atoms with Crippen LogP contribution in [-0.4, -0.2) is 32.9 Å². The molecule has 0 radical (unpaired) electrons. The summed E-state index contributed by atoms with van der Waals surface area (Å²) in [6.45, 7) is 6.13. The van der Waals surface area contributed by atoms with Crippen molar-refractivity contribution in [1.82, 2.24) is 15.1 Å². The number of anilines is 1. The number of nitrogens with zero attached hydrogens (tertiary/aromatic N) is 2. The Kier molecular flexibility index (Phi) is 4.72. The van der Waals surface area contributed by atoms with Crippen LogP contribution in [0.1, 0.15) is 27.2 Å². The Morgan fingerprint density at radius 1 is 1.67 bits per heavy atom. The van der Waals surface area contributed by atoms with Gasteiger partial charge in [0.15, 0.2) is 0 Å². The smallest absolute Gasteiger partial charge is 0.241 e. The molecule has 0 fully saturated rings. The average Bonchev–Trinajstić information content (AvgIpc) is 2.59. The minimum absolute atomic E-state index is 0.106. The molecule has 0 saturated carbocycles. The van der Waals surface area contributed by atoms with Gasteiger partial charge in [0.05, 0.1) is 5.60 Å². The van der Waals surface area contributed by atoms with E-state index >= 15 is 0 Å². The van der Waals surface area contributed by atoms with Gasteiger partial charge in [-0.25, -0.2) is 0 Å². The second kappa shape index (κ2) is 5.86. The van der Waals surface area contributed by atoms with E-state index < -0.39 is 5.60 Å². The number of nitrogens with two attached hydrogens (primary N) is 1. The highest BCUT2D eigenvalue weighted by atomic mass is 16.3. The summed E-state index contributed by atoms with van der Waals surface area (Å²) in [5.74, 6) is 0.569. The van der Waals surface area contributed by atoms with E-state index in [9.17, 15) is 9.90 Å². The standard InChI is InChI=1S/C12H22N4O2/c1-9(2)6-12(3,18)8-14-11(17)7-16-5-4-10(13)15-16/h4-5,9,18H,6-8H2,1-3H3,(H2,13,15)(H,14,17). The summed E-state index contributed by atoms with van der Waals surface area (Å²) in [6.07, 6.45) is 2.28. The van der Waals surface area contributed by atoms with Crippen molar-refractivity contribution in [3.63, 3.8) is 0 Å². The number of amides is 1. The zero-order chi connectivity index (χ0) is 13.8. The maximum absolute atomic E-state index is 11.6. The predicted molar refractivity (Wildman–Crippen MR) is 69.7 cm³/mol. The van der Waals surface area contributed by atoms with Gasteiger partial charge >= 0.3 is 0 Å². The monoisotopic (exact) mass is 254 g/mol. The molecule has 1 aromatic rings. The van der Waals surface area contributed by atoms with Gasteiger partial charge in [-0.15, -0.1) is 0 Å². The maximum Gasteiger partial charge on any atom is 0.241 e. The lowest BCUT2D eigenvalue weighted by Crippen LogP contribution is -2.42. The summed E-state index contributed by atoms with van der Waals surface area (Å²) in [5, 5.41) is 16.7. The SMILES string of the molecule is CC(C)CC(C)(O)CNC(=O)Cn1ccc(N)n1. The van der Waals surface area contributed by atoms with E-state index in [1.165, 1.54) is 4.68 Å². The molecule has 18 heavy (non-hydrogen) atoms. The molecule has 0 aliphatic carbocycles. The van der Waals surface area contributed by atoms with Gasteiger partial charge in [-0.1, -0.05) is 13.8 Å². The van der Waals surface area contributed by atoms with Crippen molar-refractivity contribution in [1.29, 1.82) is 0 Å². The summed E-state index contributed by atoms with van der Waals surface area (Å²) < 4.78 is 1.46. The molecule has 0 spiro atoms. The Morgan fingerprint density at radius 2 is 2.33 bits per heavy atom. The van der Waals surface area contributed by atoms with Crippen LogP contribution in [0.3, 0.4) is 0 Å². The summed E-state index contributed by atoms with van der Waals surface area (Å²) in [4.78, 5) is 11.6. The second-order valence-corrected chi connectivity index (χ2v) is 5.31. The van der Waals surface area contributed by atoms with Crippen LogP contribution in [0.15, 0.2) is 12.3 Å². The van der Waals surface area contributed by atoms with E-state index in [-0.39, 0.29) is 19.0 Å². The molecule has 0 bridgehead atoms. The molecular formula is C12H22N4O2. The number of nitrogens with one attached hydrogen (secondary N) is 1. The van der Waals surface area contributed by atoms with Gasteiger partial charge in [0, 0.05) is 12.7 Å². The van der Waals surface area contributed by atoms with Gasteiger partial charge in [-0.3, -0.25) is 9.48 Å². The minimum atomic E-state index is -0.882. The van der Waals surface area contributed by atoms with Crippen molar-refractivity contribution in [2.75, 3.05) is 12.3 Å². The summed E-state index contributed by atoms with van der Waals surface area (Å²) in [6, 6.07) is 1.63. The fourth-order valence-electron chi connectivity index (χ4n) is 1.91. The highest BCUT2D eigenvalue weighted by molar-refractivity contribution is 5.75. The molecule has 6 heteroatoms. The van der Waals surface area contributed by atoms with E-state index in [0.29, 0.717) is 18.2 Å². The van der Waals surface area contributed by atoms with Gasteiger partial charge in [-0.2, -0.15) is 5.10 Å². The summed E-state index contributed by atoms with van der Waals surface area (Å²) >= 11 is 0. The van der Waals surface area contributed by atoms with Gasteiger partial charge in [-0.05, 0) is 25.3 Å². The number of carbonyl (C=O) groups excluding carboxylic acids is 1. The number of aromatic nitrogens is 2. The lowest BCUT2D eigenvalue weighted by Gasteiger charge is -2.25. The van der Waals surface area contributed by atoms with Crippen molar-refractivity contribution in [2.24, 2.45) is 5.92 Å². The topological polar surface area (TPSA) is 93.2 Å². The first-order valence-corrected chi connectivity index (χ1v) is 6.06. The summed E-state index contributed by atoms with van der Waals surface area (Å²) in [7, 11) is 0. The molecule has 1 atom stereocenters.